The van der Waals surface area contributed by atoms with E-state index in [2.05, 4.69) is 43.0 Å². The van der Waals surface area contributed by atoms with Crippen molar-refractivity contribution in [1.29, 1.82) is 0 Å². The first kappa shape index (κ1) is 11.9. The van der Waals surface area contributed by atoms with E-state index in [1.165, 1.54) is 17.7 Å². The Kier molecular flexibility index (Phi) is 2.45. The highest BCUT2D eigenvalue weighted by molar-refractivity contribution is 5.48. The second kappa shape index (κ2) is 3.69. The fourth-order valence-electron chi connectivity index (χ4n) is 3.55. The molecule has 1 fully saturated rings. The number of aryl methyl sites for hydroxylation is 1. The molecular formula is C15H23N3. The van der Waals surface area contributed by atoms with E-state index < -0.39 is 0 Å². The van der Waals surface area contributed by atoms with Crippen molar-refractivity contribution in [2.24, 2.45) is 16.7 Å². The second-order valence-corrected chi connectivity index (χ2v) is 6.88. The summed E-state index contributed by atoms with van der Waals surface area (Å²) in [5.74, 6) is 1.81. The summed E-state index contributed by atoms with van der Waals surface area (Å²) in [5.41, 5.74) is 3.49. The molecule has 3 rings (SSSR count). The van der Waals surface area contributed by atoms with E-state index in [0.717, 1.165) is 31.1 Å². The number of nitrogens with one attached hydrogen (secondary N) is 1. The van der Waals surface area contributed by atoms with Crippen molar-refractivity contribution in [3.05, 3.63) is 17.6 Å². The molecule has 98 valence electrons. The van der Waals surface area contributed by atoms with Gasteiger partial charge < -0.3 is 5.32 Å². The Morgan fingerprint density at radius 2 is 1.89 bits per heavy atom. The molecule has 0 spiro atoms. The maximum atomic E-state index is 4.42. The third-order valence-corrected chi connectivity index (χ3v) is 5.67. The molecule has 1 saturated carbocycles. The maximum Gasteiger partial charge on any atom is 0.132 e. The number of rotatable bonds is 3. The van der Waals surface area contributed by atoms with Crippen molar-refractivity contribution in [3.63, 3.8) is 0 Å². The van der Waals surface area contributed by atoms with Gasteiger partial charge in [-0.1, -0.05) is 27.7 Å². The zero-order valence-electron chi connectivity index (χ0n) is 11.9. The number of nitrogens with zero attached hydrogens (tertiary/aromatic N) is 2. The van der Waals surface area contributed by atoms with Crippen molar-refractivity contribution in [1.82, 2.24) is 9.97 Å². The minimum absolute atomic E-state index is 0.441. The van der Waals surface area contributed by atoms with Gasteiger partial charge in [0.05, 0.1) is 0 Å². The van der Waals surface area contributed by atoms with Crippen LogP contribution in [-0.4, -0.2) is 16.5 Å². The van der Waals surface area contributed by atoms with Crippen LogP contribution in [-0.2, 0) is 12.8 Å². The second-order valence-electron chi connectivity index (χ2n) is 6.88. The van der Waals surface area contributed by atoms with E-state index in [9.17, 15) is 0 Å². The first-order chi connectivity index (χ1) is 8.44. The lowest BCUT2D eigenvalue weighted by Gasteiger charge is -2.10. The standard InChI is InChI=1S/C15H23N3/c1-14(2)12(15(14,3)4)8-16-13-10-6-5-7-11(10)17-9-18-13/h9,12H,5-8H2,1-4H3,(H,16,17,18). The molecule has 3 nitrogen and oxygen atoms in total. The minimum Gasteiger partial charge on any atom is -0.369 e. The summed E-state index contributed by atoms with van der Waals surface area (Å²) >= 11 is 0. The van der Waals surface area contributed by atoms with Crippen molar-refractivity contribution in [2.75, 3.05) is 11.9 Å². The van der Waals surface area contributed by atoms with Gasteiger partial charge in [0.15, 0.2) is 0 Å². The number of fused-ring (bicyclic) bond motifs is 1. The fourth-order valence-corrected chi connectivity index (χ4v) is 3.55. The number of aromatic nitrogens is 2. The van der Waals surface area contributed by atoms with E-state index in [0.29, 0.717) is 10.8 Å². The monoisotopic (exact) mass is 245 g/mol. The van der Waals surface area contributed by atoms with E-state index in [4.69, 9.17) is 0 Å². The predicted molar refractivity (Wildman–Crippen MR) is 73.6 cm³/mol. The third kappa shape index (κ3) is 1.56. The van der Waals surface area contributed by atoms with Gasteiger partial charge >= 0.3 is 0 Å². The summed E-state index contributed by atoms with van der Waals surface area (Å²) in [7, 11) is 0. The molecule has 2 aliphatic rings. The van der Waals surface area contributed by atoms with E-state index in [1.54, 1.807) is 6.33 Å². The van der Waals surface area contributed by atoms with Crippen LogP contribution in [0.1, 0.15) is 45.4 Å². The van der Waals surface area contributed by atoms with Crippen molar-refractivity contribution in [3.8, 4) is 0 Å². The van der Waals surface area contributed by atoms with E-state index in [1.807, 2.05) is 0 Å². The molecule has 0 saturated heterocycles. The number of hydrogen-bond acceptors (Lipinski definition) is 3. The van der Waals surface area contributed by atoms with Crippen molar-refractivity contribution >= 4 is 5.82 Å². The summed E-state index contributed by atoms with van der Waals surface area (Å²) in [4.78, 5) is 8.79. The number of anilines is 1. The third-order valence-electron chi connectivity index (χ3n) is 5.67. The molecule has 0 aromatic carbocycles. The lowest BCUT2D eigenvalue weighted by molar-refractivity contribution is 0.457. The van der Waals surface area contributed by atoms with Crippen LogP contribution in [0.2, 0.25) is 0 Å². The van der Waals surface area contributed by atoms with Crippen LogP contribution in [0.15, 0.2) is 6.33 Å². The first-order valence-corrected chi connectivity index (χ1v) is 7.01. The minimum atomic E-state index is 0.441. The molecule has 0 amide bonds. The quantitative estimate of drug-likeness (QED) is 0.889. The maximum absolute atomic E-state index is 4.42. The average molecular weight is 245 g/mol. The largest absolute Gasteiger partial charge is 0.369 e. The molecule has 1 N–H and O–H groups in total. The Balaban J connectivity index is 1.71. The van der Waals surface area contributed by atoms with Crippen LogP contribution in [0.25, 0.3) is 0 Å². The molecule has 0 atom stereocenters. The van der Waals surface area contributed by atoms with Crippen LogP contribution in [0.5, 0.6) is 0 Å². The van der Waals surface area contributed by atoms with Gasteiger partial charge in [0.25, 0.3) is 0 Å². The van der Waals surface area contributed by atoms with E-state index in [-0.39, 0.29) is 0 Å². The van der Waals surface area contributed by atoms with Crippen LogP contribution >= 0.6 is 0 Å². The van der Waals surface area contributed by atoms with Crippen molar-refractivity contribution in [2.45, 2.75) is 47.0 Å². The highest BCUT2D eigenvalue weighted by Gasteiger charge is 2.64. The summed E-state index contributed by atoms with van der Waals surface area (Å²) < 4.78 is 0. The van der Waals surface area contributed by atoms with Gasteiger partial charge in [-0.05, 0) is 36.0 Å². The molecule has 0 radical (unpaired) electrons. The van der Waals surface area contributed by atoms with Gasteiger partial charge in [-0.2, -0.15) is 0 Å². The molecule has 1 aromatic heterocycles. The Labute approximate surface area is 109 Å². The molecule has 1 aromatic rings. The van der Waals surface area contributed by atoms with Gasteiger partial charge in [0.1, 0.15) is 12.1 Å². The van der Waals surface area contributed by atoms with Crippen LogP contribution < -0.4 is 5.32 Å². The Hall–Kier alpha value is -1.12. The smallest absolute Gasteiger partial charge is 0.132 e. The summed E-state index contributed by atoms with van der Waals surface area (Å²) in [6.45, 7) is 10.5. The topological polar surface area (TPSA) is 37.8 Å². The lowest BCUT2D eigenvalue weighted by Crippen LogP contribution is -2.11. The fraction of sp³-hybridized carbons (Fsp3) is 0.733. The highest BCUT2D eigenvalue weighted by atomic mass is 15.0. The van der Waals surface area contributed by atoms with Gasteiger partial charge in [-0.15, -0.1) is 0 Å². The Morgan fingerprint density at radius 1 is 1.17 bits per heavy atom. The summed E-state index contributed by atoms with van der Waals surface area (Å²) in [5, 5.41) is 3.57. The van der Waals surface area contributed by atoms with Crippen molar-refractivity contribution < 1.29 is 0 Å². The first-order valence-electron chi connectivity index (χ1n) is 7.01. The Bertz CT molecular complexity index is 463. The van der Waals surface area contributed by atoms with Gasteiger partial charge in [-0.3, -0.25) is 0 Å². The van der Waals surface area contributed by atoms with Gasteiger partial charge in [0.2, 0.25) is 0 Å². The predicted octanol–water partition coefficient (Wildman–Crippen LogP) is 3.06. The van der Waals surface area contributed by atoms with Crippen LogP contribution in [0.3, 0.4) is 0 Å². The molecule has 0 bridgehead atoms. The molecule has 0 aliphatic heterocycles. The summed E-state index contributed by atoms with van der Waals surface area (Å²) in [6.07, 6.45) is 5.18. The zero-order valence-corrected chi connectivity index (χ0v) is 11.9. The Morgan fingerprint density at radius 3 is 2.56 bits per heavy atom. The molecule has 2 aliphatic carbocycles. The molecule has 18 heavy (non-hydrogen) atoms. The molecular weight excluding hydrogens is 222 g/mol. The normalized spacial score (nSPS) is 23.8. The molecule has 3 heteroatoms. The van der Waals surface area contributed by atoms with Gasteiger partial charge in [0, 0.05) is 17.8 Å². The van der Waals surface area contributed by atoms with Gasteiger partial charge in [-0.25, -0.2) is 9.97 Å². The van der Waals surface area contributed by atoms with E-state index >= 15 is 0 Å². The zero-order chi connectivity index (χ0) is 13.0. The highest BCUT2D eigenvalue weighted by Crippen LogP contribution is 2.68. The molecule has 0 unspecified atom stereocenters. The summed E-state index contributed by atoms with van der Waals surface area (Å²) in [6, 6.07) is 0. The lowest BCUT2D eigenvalue weighted by atomic mass is 10.0. The van der Waals surface area contributed by atoms with Crippen LogP contribution in [0.4, 0.5) is 5.82 Å². The number of hydrogen-bond donors (Lipinski definition) is 1. The average Bonchev–Trinajstić information content (AvgIpc) is 2.71. The van der Waals surface area contributed by atoms with Crippen LogP contribution in [0, 0.1) is 16.7 Å². The SMILES string of the molecule is CC1(C)C(CNc2ncnc3c2CCC3)C1(C)C. The molecule has 1 heterocycles.